The fourth-order valence-electron chi connectivity index (χ4n) is 1.43. The number of alkyl halides is 7. The molecule has 1 aromatic rings. The van der Waals surface area contributed by atoms with Crippen LogP contribution in [0.25, 0.3) is 0 Å². The summed E-state index contributed by atoms with van der Waals surface area (Å²) in [5.74, 6) is -0.931. The molecule has 0 aliphatic carbocycles. The smallest absolute Gasteiger partial charge is 0.258 e. The van der Waals surface area contributed by atoms with Gasteiger partial charge >= 0.3 is 12.4 Å². The molecule has 19 heavy (non-hydrogen) atoms. The predicted molar refractivity (Wildman–Crippen MR) is 52.7 cm³/mol. The van der Waals surface area contributed by atoms with Gasteiger partial charge in [0.1, 0.15) is 5.56 Å². The minimum atomic E-state index is -5.17. The van der Waals surface area contributed by atoms with Crippen LogP contribution in [-0.2, 0) is 18.2 Å². The van der Waals surface area contributed by atoms with Crippen molar-refractivity contribution >= 4 is 17.3 Å². The molecule has 0 heterocycles. The zero-order chi connectivity index (χ0) is 15.0. The summed E-state index contributed by atoms with van der Waals surface area (Å²) < 4.78 is 75.2. The molecule has 3 nitrogen and oxygen atoms in total. The maximum absolute atomic E-state index is 12.6. The molecule has 0 saturated heterocycles. The molecule has 0 spiro atoms. The Morgan fingerprint density at radius 3 is 1.95 bits per heavy atom. The van der Waals surface area contributed by atoms with E-state index in [9.17, 15) is 36.5 Å². The lowest BCUT2D eigenvalue weighted by molar-refractivity contribution is -0.388. The lowest BCUT2D eigenvalue weighted by Crippen LogP contribution is -2.15. The fraction of sp³-hybridized carbons (Fsp3) is 0.333. The first-order chi connectivity index (χ1) is 8.48. The van der Waals surface area contributed by atoms with Crippen molar-refractivity contribution in [3.63, 3.8) is 0 Å². The first-order valence-electron chi connectivity index (χ1n) is 4.50. The van der Waals surface area contributed by atoms with Crippen LogP contribution in [0, 0.1) is 10.1 Å². The summed E-state index contributed by atoms with van der Waals surface area (Å²) in [6.07, 6.45) is -10.2. The van der Waals surface area contributed by atoms with Crippen LogP contribution in [0.1, 0.15) is 16.7 Å². The van der Waals surface area contributed by atoms with Crippen LogP contribution >= 0.6 is 11.6 Å². The summed E-state index contributed by atoms with van der Waals surface area (Å²) in [6.45, 7) is 0. The Balaban J connectivity index is 3.69. The van der Waals surface area contributed by atoms with Crippen molar-refractivity contribution in [2.45, 2.75) is 18.2 Å². The maximum atomic E-state index is 12.6. The number of hydrogen-bond acceptors (Lipinski definition) is 2. The normalized spacial score (nSPS) is 12.6. The molecule has 0 amide bonds. The molecule has 0 N–H and O–H groups in total. The second-order valence-electron chi connectivity index (χ2n) is 3.42. The summed E-state index contributed by atoms with van der Waals surface area (Å²) in [6, 6.07) is 0.00168. The Kier molecular flexibility index (Phi) is 3.99. The molecule has 0 atom stereocenters. The van der Waals surface area contributed by atoms with Gasteiger partial charge in [-0.25, -0.2) is 0 Å². The van der Waals surface area contributed by atoms with E-state index in [-0.39, 0.29) is 12.1 Å². The molecule has 0 aliphatic heterocycles. The predicted octanol–water partition coefficient (Wildman–Crippen LogP) is 4.37. The van der Waals surface area contributed by atoms with Crippen molar-refractivity contribution < 1.29 is 31.3 Å². The highest BCUT2D eigenvalue weighted by molar-refractivity contribution is 6.17. The number of nitro groups is 1. The third-order valence-electron chi connectivity index (χ3n) is 2.15. The molecular formula is C9H4ClF6NO2. The standard InChI is InChI=1S/C9H4ClF6NO2/c10-3-4-1-5(8(11,12)13)2-6(17(18)19)7(4)9(14,15)16/h1-2H,3H2. The van der Waals surface area contributed by atoms with Gasteiger partial charge in [0, 0.05) is 11.9 Å². The largest absolute Gasteiger partial charge is 0.423 e. The van der Waals surface area contributed by atoms with Crippen molar-refractivity contribution in [3.8, 4) is 0 Å². The van der Waals surface area contributed by atoms with Crippen molar-refractivity contribution in [3.05, 3.63) is 38.9 Å². The summed E-state index contributed by atoms with van der Waals surface area (Å²) in [5.41, 5.74) is -5.97. The average molecular weight is 308 g/mol. The highest BCUT2D eigenvalue weighted by atomic mass is 35.5. The molecule has 0 aromatic heterocycles. The van der Waals surface area contributed by atoms with E-state index < -0.39 is 45.5 Å². The second-order valence-corrected chi connectivity index (χ2v) is 3.68. The molecule has 0 fully saturated rings. The Bertz CT molecular complexity index is 511. The van der Waals surface area contributed by atoms with Crippen molar-refractivity contribution in [1.29, 1.82) is 0 Å². The highest BCUT2D eigenvalue weighted by Crippen LogP contribution is 2.42. The Morgan fingerprint density at radius 1 is 1.11 bits per heavy atom. The quantitative estimate of drug-likeness (QED) is 0.352. The SMILES string of the molecule is O=[N+]([O-])c1cc(C(F)(F)F)cc(CCl)c1C(F)(F)F. The van der Waals surface area contributed by atoms with E-state index in [0.29, 0.717) is 0 Å². The second kappa shape index (κ2) is 4.87. The van der Waals surface area contributed by atoms with Crippen LogP contribution < -0.4 is 0 Å². The molecule has 0 unspecified atom stereocenters. The van der Waals surface area contributed by atoms with Crippen LogP contribution in [0.3, 0.4) is 0 Å². The van der Waals surface area contributed by atoms with Gasteiger partial charge in [0.2, 0.25) is 0 Å². The van der Waals surface area contributed by atoms with Crippen LogP contribution in [0.2, 0.25) is 0 Å². The van der Waals surface area contributed by atoms with Gasteiger partial charge in [0.15, 0.2) is 0 Å². The average Bonchev–Trinajstić information content (AvgIpc) is 2.24. The monoisotopic (exact) mass is 307 g/mol. The van der Waals surface area contributed by atoms with Gasteiger partial charge in [-0.1, -0.05) is 0 Å². The Morgan fingerprint density at radius 2 is 1.63 bits per heavy atom. The molecule has 0 bridgehead atoms. The van der Waals surface area contributed by atoms with Gasteiger partial charge in [0.05, 0.1) is 10.5 Å². The molecule has 10 heteroatoms. The molecule has 1 rings (SSSR count). The fourth-order valence-corrected chi connectivity index (χ4v) is 1.64. The zero-order valence-electron chi connectivity index (χ0n) is 8.77. The first kappa shape index (κ1) is 15.5. The van der Waals surface area contributed by atoms with E-state index in [1.54, 1.807) is 0 Å². The molecule has 0 saturated carbocycles. The van der Waals surface area contributed by atoms with Crippen molar-refractivity contribution in [1.82, 2.24) is 0 Å². The van der Waals surface area contributed by atoms with E-state index >= 15 is 0 Å². The van der Waals surface area contributed by atoms with Gasteiger partial charge in [-0.2, -0.15) is 26.3 Å². The third-order valence-corrected chi connectivity index (χ3v) is 2.44. The molecular weight excluding hydrogens is 304 g/mol. The van der Waals surface area contributed by atoms with Gasteiger partial charge in [-0.15, -0.1) is 11.6 Å². The van der Waals surface area contributed by atoms with E-state index in [4.69, 9.17) is 11.6 Å². The summed E-state index contributed by atoms with van der Waals surface area (Å²) in [4.78, 5) is 8.99. The molecule has 1 aromatic carbocycles. The molecule has 106 valence electrons. The summed E-state index contributed by atoms with van der Waals surface area (Å²) in [5, 5.41) is 10.5. The first-order valence-corrected chi connectivity index (χ1v) is 5.03. The number of hydrogen-bond donors (Lipinski definition) is 0. The lowest BCUT2D eigenvalue weighted by atomic mass is 10.0. The minimum absolute atomic E-state index is 0.154. The number of rotatable bonds is 2. The van der Waals surface area contributed by atoms with Gasteiger partial charge in [-0.3, -0.25) is 10.1 Å². The van der Waals surface area contributed by atoms with E-state index in [1.165, 1.54) is 0 Å². The van der Waals surface area contributed by atoms with Crippen molar-refractivity contribution in [2.24, 2.45) is 0 Å². The van der Waals surface area contributed by atoms with E-state index in [0.717, 1.165) is 0 Å². The van der Waals surface area contributed by atoms with Crippen molar-refractivity contribution in [2.75, 3.05) is 0 Å². The topological polar surface area (TPSA) is 43.1 Å². The van der Waals surface area contributed by atoms with Crippen LogP contribution in [0.4, 0.5) is 32.0 Å². The number of halogens is 7. The lowest BCUT2D eigenvalue weighted by Gasteiger charge is -2.14. The number of nitrogens with zero attached hydrogens (tertiary/aromatic N) is 1. The third kappa shape index (κ3) is 3.28. The molecule has 0 aliphatic rings. The van der Waals surface area contributed by atoms with Gasteiger partial charge < -0.3 is 0 Å². The van der Waals surface area contributed by atoms with E-state index in [1.807, 2.05) is 0 Å². The summed E-state index contributed by atoms with van der Waals surface area (Å²) in [7, 11) is 0. The Labute approximate surface area is 106 Å². The van der Waals surface area contributed by atoms with Gasteiger partial charge in [0.25, 0.3) is 5.69 Å². The van der Waals surface area contributed by atoms with Crippen LogP contribution in [0.15, 0.2) is 12.1 Å². The number of benzene rings is 1. The number of nitro benzene ring substituents is 1. The van der Waals surface area contributed by atoms with E-state index in [2.05, 4.69) is 0 Å². The highest BCUT2D eigenvalue weighted by Gasteiger charge is 2.43. The molecule has 0 radical (unpaired) electrons. The van der Waals surface area contributed by atoms with Crippen LogP contribution in [-0.4, -0.2) is 4.92 Å². The van der Waals surface area contributed by atoms with Crippen LogP contribution in [0.5, 0.6) is 0 Å². The zero-order valence-corrected chi connectivity index (χ0v) is 9.53. The Hall–Kier alpha value is -1.51. The van der Waals surface area contributed by atoms with Gasteiger partial charge in [-0.05, 0) is 11.6 Å². The summed E-state index contributed by atoms with van der Waals surface area (Å²) >= 11 is 5.15. The maximum Gasteiger partial charge on any atom is 0.423 e. The minimum Gasteiger partial charge on any atom is -0.258 e.